The Morgan fingerprint density at radius 1 is 0.178 bits per heavy atom. The van der Waals surface area contributed by atoms with E-state index in [0.29, 0.717) is 0 Å². The van der Waals surface area contributed by atoms with E-state index in [0.717, 1.165) is 0 Å². The molecule has 0 saturated carbocycles. The zero-order valence-corrected chi connectivity index (χ0v) is 69.3. The summed E-state index contributed by atoms with van der Waals surface area (Å²) in [6.45, 7) is 87.3. The minimum Gasteiger partial charge on any atom is -0.114 e. The van der Waals surface area contributed by atoms with Gasteiger partial charge in [0.1, 0.15) is 0 Å². The molecule has 0 aliphatic rings. The van der Waals surface area contributed by atoms with Gasteiger partial charge < -0.3 is 0 Å². The number of halogens is 2. The Bertz CT molecular complexity index is 3030. The van der Waals surface area contributed by atoms with Crippen molar-refractivity contribution in [2.24, 2.45) is 0 Å². The van der Waals surface area contributed by atoms with Crippen LogP contribution in [-0.4, -0.2) is 13.9 Å². The Hall–Kier alpha value is -3.29. The highest BCUT2D eigenvalue weighted by atomic mass is 79.9. The molecule has 0 heterocycles. The number of rotatable bonds is 9. The summed E-state index contributed by atoms with van der Waals surface area (Å²) in [5.74, 6) is 0. The van der Waals surface area contributed by atoms with E-state index >= 15 is 0 Å². The zero-order chi connectivity index (χ0) is 69.3. The maximum atomic E-state index is 5.41. The van der Waals surface area contributed by atoms with E-state index in [9.17, 15) is 0 Å². The molecule has 0 aromatic heterocycles. The molecule has 0 fully saturated rings. The average Bonchev–Trinajstić information content (AvgIpc) is 0.695. The van der Waals surface area contributed by atoms with E-state index in [4.69, 9.17) is 30.6 Å². The monoisotopic (exact) mass is 1370 g/mol. The molecule has 0 aliphatic carbocycles. The van der Waals surface area contributed by atoms with Crippen LogP contribution in [0.2, 0.25) is 0 Å². The standard InChI is InChI=1S/C86H126Br2Si2/c1-73(2,3)55-37-56(74(4,5)6)44-67(43-55)85(68-45-57(75(7,8)9)38-58(46-68)76(10,11)12,69-47-59(77(13,14)15)39-60(48-69)78(16,17)18)89-90(87,88)86(70-49-61(79(19,20)21)40-62(50-70)80(22,23)24,71-51-63(81(25,26)27)41-64(52-71)82(28,29)30)72-53-65(83(31,32)33)42-66(54-72)84(34,35)36/h37-54H,1-36H3. The van der Waals surface area contributed by atoms with Crippen LogP contribution in [0.25, 0.3) is 0 Å². The quantitative estimate of drug-likeness (QED) is 0.0769. The summed E-state index contributed by atoms with van der Waals surface area (Å²) < 4.78 is 0. The molecule has 2 radical (unpaired) electrons. The Labute approximate surface area is 573 Å². The Kier molecular flexibility index (Phi) is 20.3. The highest BCUT2D eigenvalue weighted by molar-refractivity contribution is 9.53. The summed E-state index contributed by atoms with van der Waals surface area (Å²) in [6.07, 6.45) is 0. The van der Waals surface area contributed by atoms with E-state index < -0.39 is 14.9 Å². The third-order valence-corrected chi connectivity index (χ3v) is 33.1. The summed E-state index contributed by atoms with van der Waals surface area (Å²) in [4.78, 5) is -3.61. The minimum atomic E-state index is -3.61. The third kappa shape index (κ3) is 16.2. The van der Waals surface area contributed by atoms with Crippen LogP contribution >= 0.6 is 30.6 Å². The fraction of sp³-hybridized carbons (Fsp3) is 0.581. The number of hydrogen-bond acceptors (Lipinski definition) is 0. The van der Waals surface area contributed by atoms with Gasteiger partial charge in [0.25, 0.3) is 0 Å². The summed E-state index contributed by atoms with van der Waals surface area (Å²) in [7, 11) is 0.232. The highest BCUT2D eigenvalue weighted by Crippen LogP contribution is 2.59. The van der Waals surface area contributed by atoms with Crippen molar-refractivity contribution in [1.82, 2.24) is 0 Å². The largest absolute Gasteiger partial charge is 0.205 e. The molecule has 6 aromatic rings. The topological polar surface area (TPSA) is 0 Å². The molecule has 0 bridgehead atoms. The van der Waals surface area contributed by atoms with Gasteiger partial charge in [-0.25, -0.2) is 0 Å². The van der Waals surface area contributed by atoms with E-state index in [-0.39, 0.29) is 74.0 Å². The molecule has 0 amide bonds. The highest BCUT2D eigenvalue weighted by Gasteiger charge is 2.61. The van der Waals surface area contributed by atoms with Gasteiger partial charge >= 0.3 is 0 Å². The maximum absolute atomic E-state index is 5.41. The molecule has 90 heavy (non-hydrogen) atoms. The van der Waals surface area contributed by atoms with Crippen LogP contribution in [0.4, 0.5) is 0 Å². The Balaban J connectivity index is 2.24. The van der Waals surface area contributed by atoms with Crippen molar-refractivity contribution in [3.8, 4) is 0 Å². The van der Waals surface area contributed by atoms with E-state index in [1.165, 1.54) is 100 Å². The van der Waals surface area contributed by atoms with Crippen molar-refractivity contribution in [2.45, 2.75) is 324 Å². The second-order valence-corrected chi connectivity index (χ2v) is 60.6. The van der Waals surface area contributed by atoms with E-state index in [1.807, 2.05) is 0 Å². The van der Waals surface area contributed by atoms with Crippen LogP contribution in [-0.2, 0) is 75.1 Å². The van der Waals surface area contributed by atoms with E-state index in [2.05, 4.69) is 358 Å². The first-order valence-corrected chi connectivity index (χ1v) is 42.5. The second-order valence-electron chi connectivity index (χ2n) is 40.0. The molecule has 0 nitrogen and oxygen atoms in total. The van der Waals surface area contributed by atoms with Gasteiger partial charge in [-0.15, -0.1) is 30.6 Å². The van der Waals surface area contributed by atoms with Gasteiger partial charge in [-0.05, 0) is 165 Å². The molecule has 0 aliphatic heterocycles. The molecule has 6 aromatic carbocycles. The van der Waals surface area contributed by atoms with Crippen molar-refractivity contribution in [3.05, 3.63) is 209 Å². The first-order valence-electron chi connectivity index (χ1n) is 34.0. The first kappa shape index (κ1) is 75.7. The smallest absolute Gasteiger partial charge is 0.114 e. The Morgan fingerprint density at radius 3 is 0.389 bits per heavy atom. The van der Waals surface area contributed by atoms with Gasteiger partial charge in [-0.2, -0.15) is 0 Å². The molecule has 492 valence electrons. The van der Waals surface area contributed by atoms with Crippen molar-refractivity contribution in [3.63, 3.8) is 0 Å². The third-order valence-electron chi connectivity index (χ3n) is 19.4. The van der Waals surface area contributed by atoms with Crippen molar-refractivity contribution < 1.29 is 0 Å². The summed E-state index contributed by atoms with van der Waals surface area (Å²) in [6, 6.07) is 47.5. The van der Waals surface area contributed by atoms with Gasteiger partial charge in [-0.1, -0.05) is 358 Å². The predicted molar refractivity (Wildman–Crippen MR) is 412 cm³/mol. The lowest BCUT2D eigenvalue weighted by molar-refractivity contribution is 0.558. The molecule has 4 heteroatoms. The van der Waals surface area contributed by atoms with Crippen molar-refractivity contribution in [1.29, 1.82) is 0 Å². The Morgan fingerprint density at radius 2 is 0.278 bits per heavy atom. The molecule has 0 unspecified atom stereocenters. The molecular weight excluding hydrogens is 1250 g/mol. The van der Waals surface area contributed by atoms with Gasteiger partial charge in [0.2, 0.25) is 4.83 Å². The summed E-state index contributed by atoms with van der Waals surface area (Å²) >= 11 is 10.8. The lowest BCUT2D eigenvalue weighted by Gasteiger charge is -2.51. The minimum absolute atomic E-state index is 0.163. The van der Waals surface area contributed by atoms with Crippen LogP contribution in [0.15, 0.2) is 109 Å². The fourth-order valence-corrected chi connectivity index (χ4v) is 29.4. The van der Waals surface area contributed by atoms with E-state index in [1.54, 1.807) is 0 Å². The molecule has 0 atom stereocenters. The SMILES string of the molecule is CC(C)(C)c1cc(C(C)(C)C)cc(C([Si][Si](Br)(Br)C(c2cc(C(C)(C)C)cc(C(C)(C)C)c2)(c2cc(C(C)(C)C)cc(C(C)(C)C)c2)c2cc(C(C)(C)C)cc(C(C)(C)C)c2)(c2cc(C(C)(C)C)cc(C(C)(C)C)c2)c2cc(C(C)(C)C)cc(C(C)(C)C)c2)c1. The van der Waals surface area contributed by atoms with Crippen LogP contribution < -0.4 is 0 Å². The van der Waals surface area contributed by atoms with Crippen molar-refractivity contribution in [2.75, 3.05) is 0 Å². The van der Waals surface area contributed by atoms with Gasteiger partial charge in [0, 0.05) is 5.04 Å². The zero-order valence-electron chi connectivity index (χ0n) is 64.1. The van der Waals surface area contributed by atoms with Gasteiger partial charge in [0.05, 0.1) is 14.1 Å². The van der Waals surface area contributed by atoms with Crippen molar-refractivity contribution >= 4 is 44.5 Å². The van der Waals surface area contributed by atoms with Gasteiger partial charge in [-0.3, -0.25) is 0 Å². The van der Waals surface area contributed by atoms with Crippen LogP contribution in [0.1, 0.15) is 349 Å². The lowest BCUT2D eigenvalue weighted by Crippen LogP contribution is -2.60. The number of benzene rings is 6. The molecular formula is C86H126Br2Si2. The molecule has 0 spiro atoms. The lowest BCUT2D eigenvalue weighted by atomic mass is 9.71. The first-order chi connectivity index (χ1) is 39.9. The molecule has 0 N–H and O–H groups in total. The fourth-order valence-electron chi connectivity index (χ4n) is 12.4. The van der Waals surface area contributed by atoms with Crippen LogP contribution in [0.3, 0.4) is 0 Å². The van der Waals surface area contributed by atoms with Crippen LogP contribution in [0, 0.1) is 0 Å². The average molecular weight is 1380 g/mol. The molecule has 6 rings (SSSR count). The number of hydrogen-bond donors (Lipinski definition) is 0. The van der Waals surface area contributed by atoms with Gasteiger partial charge in [0.15, 0.2) is 0 Å². The second kappa shape index (κ2) is 24.1. The molecule has 0 saturated heterocycles. The van der Waals surface area contributed by atoms with Crippen LogP contribution in [0.5, 0.6) is 0 Å². The maximum Gasteiger partial charge on any atom is 0.205 e. The summed E-state index contributed by atoms with van der Waals surface area (Å²) in [5, 5.41) is -1.59. The normalized spacial score (nSPS) is 14.6. The summed E-state index contributed by atoms with van der Waals surface area (Å²) in [5.41, 5.74) is 22.4. The predicted octanol–water partition coefficient (Wildman–Crippen LogP) is 25.6.